The van der Waals surface area contributed by atoms with Gasteiger partial charge in [0.2, 0.25) is 0 Å². The average molecular weight is 153 g/mol. The van der Waals surface area contributed by atoms with Crippen molar-refractivity contribution < 1.29 is 19.1 Å². The van der Waals surface area contributed by atoms with Gasteiger partial charge in [0, 0.05) is 65.0 Å². The number of ether oxygens (including phenoxy) is 1. The molecule has 8 heavy (non-hydrogen) atoms. The van der Waals surface area contributed by atoms with Gasteiger partial charge >= 0.3 is 8.40 Å². The number of hydrogen-bond donors (Lipinski definition) is 0. The third kappa shape index (κ3) is 10.4. The zero-order valence-corrected chi connectivity index (χ0v) is 7.95. The molecule has 0 saturated carbocycles. The van der Waals surface area contributed by atoms with Gasteiger partial charge in [0.25, 0.3) is 0 Å². The predicted octanol–water partition coefficient (Wildman–Crippen LogP) is 0.751. The molecule has 0 aliphatic rings. The fraction of sp³-hybridized carbons (Fsp3) is 1.00. The third-order valence-electron chi connectivity index (χ3n) is 0.356. The average Bonchev–Trinajstić information content (AvgIpc) is 1.30. The third-order valence-corrected chi connectivity index (χ3v) is 0.356. The Bertz CT molecular complexity index is 60.3. The van der Waals surface area contributed by atoms with Crippen LogP contribution in [0.2, 0.25) is 0 Å². The van der Waals surface area contributed by atoms with Crippen LogP contribution in [-0.2, 0) is 4.74 Å². The summed E-state index contributed by atoms with van der Waals surface area (Å²) in [6, 6.07) is 0. The van der Waals surface area contributed by atoms with Crippen molar-refractivity contribution in [2.45, 2.75) is 0 Å². The molecule has 0 aliphatic heterocycles. The van der Waals surface area contributed by atoms with Crippen LogP contribution in [-0.4, -0.2) is 72.0 Å². The van der Waals surface area contributed by atoms with Gasteiger partial charge in [-0.2, -0.15) is 0 Å². The molecule has 0 bridgehead atoms. The van der Waals surface area contributed by atoms with Crippen LogP contribution in [0.1, 0.15) is 1.43 Å². The maximum Gasteiger partial charge on any atom is 1.00 e. The van der Waals surface area contributed by atoms with Crippen molar-refractivity contribution in [2.24, 2.45) is 0 Å². The molecule has 0 N–H and O–H groups in total. The van der Waals surface area contributed by atoms with Crippen molar-refractivity contribution in [1.29, 1.82) is 0 Å². The van der Waals surface area contributed by atoms with Crippen LogP contribution in [0.25, 0.3) is 0 Å². The van der Waals surface area contributed by atoms with Gasteiger partial charge in [0.05, 0.1) is 0 Å². The van der Waals surface area contributed by atoms with E-state index in [9.17, 15) is 12.9 Å². The second-order valence-electron chi connectivity index (χ2n) is 1.17. The van der Waals surface area contributed by atoms with E-state index >= 15 is 0 Å². The van der Waals surface area contributed by atoms with Crippen LogP contribution >= 0.6 is 0 Å². The molecule has 0 fully saturated rings. The van der Waals surface area contributed by atoms with E-state index in [1.165, 1.54) is 0 Å². The molecular weight excluding hydrogens is 147 g/mol. The minimum absolute atomic E-state index is 0. The van der Waals surface area contributed by atoms with Gasteiger partial charge in [-0.1, -0.05) is 0 Å². The molecule has 0 heterocycles. The van der Waals surface area contributed by atoms with Gasteiger partial charge < -0.3 is 17.7 Å². The first kappa shape index (κ1) is 12.2. The Balaban J connectivity index is -0.000000180. The van der Waals surface area contributed by atoms with Crippen molar-refractivity contribution in [3.05, 3.63) is 0 Å². The van der Waals surface area contributed by atoms with Gasteiger partial charge in [-0.25, -0.2) is 0 Å². The summed E-state index contributed by atoms with van der Waals surface area (Å²) in [7, 11) is 1.02. The van der Waals surface area contributed by atoms with Gasteiger partial charge in [0.1, 0.15) is 0 Å². The number of rotatable bonds is 2. The summed E-state index contributed by atoms with van der Waals surface area (Å²) in [6.07, 6.45) is 0. The summed E-state index contributed by atoms with van der Waals surface area (Å²) in [5.41, 5.74) is 0. The first-order chi connectivity index (χ1) is 3.06. The quantitative estimate of drug-likeness (QED) is 0.532. The minimum Gasteiger partial charge on any atom is -0.447 e. The van der Waals surface area contributed by atoms with E-state index in [1.807, 2.05) is 0 Å². The summed E-state index contributed by atoms with van der Waals surface area (Å²) in [4.78, 5) is 0. The molecule has 0 aromatic rings. The normalized spacial score (nSPS) is 10.5. The van der Waals surface area contributed by atoms with Crippen LogP contribution in [0.5, 0.6) is 0 Å². The largest absolute Gasteiger partial charge is 1.00 e. The van der Waals surface area contributed by atoms with E-state index in [0.29, 0.717) is 0 Å². The summed E-state index contributed by atoms with van der Waals surface area (Å²) in [5, 5.41) is 0. The number of halogens is 3. The maximum absolute atomic E-state index is 11.0. The van der Waals surface area contributed by atoms with Crippen LogP contribution in [0.3, 0.4) is 0 Å². The van der Waals surface area contributed by atoms with E-state index in [0.717, 1.165) is 7.11 Å². The molecule has 0 amide bonds. The molecule has 1 radical (unpaired) electrons. The minimum atomic E-state index is -4.72. The van der Waals surface area contributed by atoms with Gasteiger partial charge in [-0.15, -0.1) is 0 Å². The zero-order chi connectivity index (χ0) is 5.91. The topological polar surface area (TPSA) is 9.23 Å². The summed E-state index contributed by atoms with van der Waals surface area (Å²) < 4.78 is 36.8. The van der Waals surface area contributed by atoms with Crippen LogP contribution < -0.4 is 0 Å². The molecule has 0 rings (SSSR count). The van der Waals surface area contributed by atoms with Crippen molar-refractivity contribution in [2.75, 3.05) is 13.6 Å². The van der Waals surface area contributed by atoms with E-state index < -0.39 is 13.5 Å². The fourth-order valence-electron chi connectivity index (χ4n) is 0.189. The number of hydrogen-bond acceptors (Lipinski definition) is 1. The molecular formula is C2H6BF3KO. The Kier molecular flexibility index (Phi) is 7.98. The summed E-state index contributed by atoms with van der Waals surface area (Å²) >= 11 is 0. The molecule has 1 nitrogen and oxygen atoms in total. The monoisotopic (exact) mass is 153 g/mol. The second-order valence-corrected chi connectivity index (χ2v) is 1.17. The zero-order valence-electron chi connectivity index (χ0n) is 5.83. The Morgan fingerprint density at radius 3 is 1.88 bits per heavy atom. The predicted molar refractivity (Wildman–Crippen MR) is 27.8 cm³/mol. The molecule has 45 valence electrons. The molecule has 0 aromatic heterocycles. The van der Waals surface area contributed by atoms with Gasteiger partial charge in [-0.3, -0.25) is 0 Å². The van der Waals surface area contributed by atoms with E-state index in [2.05, 4.69) is 4.74 Å². The van der Waals surface area contributed by atoms with Crippen LogP contribution in [0, 0.1) is 0 Å². The smallest absolute Gasteiger partial charge is 0.447 e. The van der Waals surface area contributed by atoms with Crippen molar-refractivity contribution >= 4 is 58.4 Å². The molecule has 0 atom stereocenters. The summed E-state index contributed by atoms with van der Waals surface area (Å²) in [6.45, 7) is -5.81. The number of methoxy groups -OCH3 is 1. The molecule has 0 aromatic carbocycles. The Morgan fingerprint density at radius 2 is 1.88 bits per heavy atom. The molecule has 0 spiro atoms. The fourth-order valence-corrected chi connectivity index (χ4v) is 0.189. The Hall–Kier alpha value is 1.45. The molecule has 0 saturated heterocycles. The van der Waals surface area contributed by atoms with Crippen LogP contribution in [0.15, 0.2) is 0 Å². The van der Waals surface area contributed by atoms with Crippen molar-refractivity contribution in [3.63, 3.8) is 0 Å². The Labute approximate surface area is 89.9 Å². The molecule has 6 heteroatoms. The van der Waals surface area contributed by atoms with Gasteiger partial charge in [0.15, 0.2) is 0 Å². The maximum atomic E-state index is 11.0. The second kappa shape index (κ2) is 5.25. The van der Waals surface area contributed by atoms with E-state index in [4.69, 9.17) is 0 Å². The van der Waals surface area contributed by atoms with Gasteiger partial charge in [-0.05, 0) is 0 Å². The standard InChI is InChI=1S/C2H5BF3O.K/c1-7-2-3(4,5)6;/h2H2,1H3;/q-1;/p+1. The molecule has 0 aliphatic carbocycles. The first-order valence-electron chi connectivity index (χ1n) is 1.76. The Morgan fingerprint density at radius 1 is 1.50 bits per heavy atom. The van der Waals surface area contributed by atoms with E-state index in [-0.39, 0.29) is 52.8 Å². The van der Waals surface area contributed by atoms with Crippen molar-refractivity contribution in [1.82, 2.24) is 0 Å². The molecule has 0 unspecified atom stereocenters. The van der Waals surface area contributed by atoms with Crippen LogP contribution in [0.4, 0.5) is 12.9 Å². The summed E-state index contributed by atoms with van der Waals surface area (Å²) in [5.74, 6) is 0. The first-order valence-corrected chi connectivity index (χ1v) is 1.76. The SMILES string of the molecule is COC[B-](F)(F)F.[H+].[K]. The van der Waals surface area contributed by atoms with Crippen molar-refractivity contribution in [3.8, 4) is 0 Å². The van der Waals surface area contributed by atoms with E-state index in [1.54, 1.807) is 0 Å².